The van der Waals surface area contributed by atoms with Crippen molar-refractivity contribution in [1.82, 2.24) is 10.6 Å². The van der Waals surface area contributed by atoms with Gasteiger partial charge >= 0.3 is 0 Å². The SMILES string of the molecule is CCNC(=NCc1cccc(OCCCOC)c1)NCC. The number of methoxy groups -OCH3 is 1. The maximum Gasteiger partial charge on any atom is 0.191 e. The molecule has 0 saturated heterocycles. The molecular weight excluding hydrogens is 266 g/mol. The number of aliphatic imine (C=N–C) groups is 1. The summed E-state index contributed by atoms with van der Waals surface area (Å²) in [4.78, 5) is 4.54. The topological polar surface area (TPSA) is 54.9 Å². The van der Waals surface area contributed by atoms with Crippen molar-refractivity contribution >= 4 is 5.96 Å². The third-order valence-corrected chi connectivity index (χ3v) is 2.77. The highest BCUT2D eigenvalue weighted by Gasteiger charge is 1.99. The van der Waals surface area contributed by atoms with E-state index in [1.165, 1.54) is 0 Å². The van der Waals surface area contributed by atoms with Gasteiger partial charge in [-0.15, -0.1) is 0 Å². The van der Waals surface area contributed by atoms with Gasteiger partial charge in [0.2, 0.25) is 0 Å². The third-order valence-electron chi connectivity index (χ3n) is 2.77. The van der Waals surface area contributed by atoms with Crippen LogP contribution in [0.1, 0.15) is 25.8 Å². The van der Waals surface area contributed by atoms with Crippen LogP contribution in [0.2, 0.25) is 0 Å². The molecular formula is C16H27N3O2. The summed E-state index contributed by atoms with van der Waals surface area (Å²) in [6.45, 7) is 7.84. The van der Waals surface area contributed by atoms with Crippen molar-refractivity contribution in [3.8, 4) is 5.75 Å². The number of ether oxygens (including phenoxy) is 2. The summed E-state index contributed by atoms with van der Waals surface area (Å²) in [7, 11) is 1.70. The van der Waals surface area contributed by atoms with Crippen LogP contribution in [0, 0.1) is 0 Å². The van der Waals surface area contributed by atoms with Gasteiger partial charge in [0, 0.05) is 33.2 Å². The Bertz CT molecular complexity index is 414. The van der Waals surface area contributed by atoms with Gasteiger partial charge in [0.1, 0.15) is 5.75 Å². The molecule has 0 atom stereocenters. The summed E-state index contributed by atoms with van der Waals surface area (Å²) in [5.41, 5.74) is 1.13. The molecule has 1 rings (SSSR count). The summed E-state index contributed by atoms with van der Waals surface area (Å²) < 4.78 is 10.7. The summed E-state index contributed by atoms with van der Waals surface area (Å²) in [6, 6.07) is 8.05. The first kappa shape index (κ1) is 17.3. The van der Waals surface area contributed by atoms with E-state index in [1.807, 2.05) is 18.2 Å². The Morgan fingerprint density at radius 2 is 1.90 bits per heavy atom. The lowest BCUT2D eigenvalue weighted by atomic mass is 10.2. The predicted octanol–water partition coefficient (Wildman–Crippen LogP) is 2.18. The number of guanidine groups is 1. The Morgan fingerprint density at radius 3 is 2.57 bits per heavy atom. The molecule has 21 heavy (non-hydrogen) atoms. The van der Waals surface area contributed by atoms with Gasteiger partial charge in [0.15, 0.2) is 5.96 Å². The molecule has 0 bridgehead atoms. The highest BCUT2D eigenvalue weighted by Crippen LogP contribution is 2.14. The van der Waals surface area contributed by atoms with E-state index in [1.54, 1.807) is 7.11 Å². The number of rotatable bonds is 9. The zero-order chi connectivity index (χ0) is 15.3. The van der Waals surface area contributed by atoms with Crippen LogP contribution in [-0.2, 0) is 11.3 Å². The van der Waals surface area contributed by atoms with Crippen LogP contribution in [0.3, 0.4) is 0 Å². The molecule has 0 radical (unpaired) electrons. The molecule has 5 heteroatoms. The lowest BCUT2D eigenvalue weighted by molar-refractivity contribution is 0.172. The monoisotopic (exact) mass is 293 g/mol. The second-order valence-electron chi connectivity index (χ2n) is 4.57. The van der Waals surface area contributed by atoms with Crippen LogP contribution in [-0.4, -0.2) is 39.4 Å². The van der Waals surface area contributed by atoms with Crippen molar-refractivity contribution in [2.45, 2.75) is 26.8 Å². The Hall–Kier alpha value is -1.75. The first-order chi connectivity index (χ1) is 10.3. The van der Waals surface area contributed by atoms with Gasteiger partial charge in [-0.1, -0.05) is 12.1 Å². The van der Waals surface area contributed by atoms with Crippen LogP contribution in [0.5, 0.6) is 5.75 Å². The number of nitrogens with zero attached hydrogens (tertiary/aromatic N) is 1. The summed E-state index contributed by atoms with van der Waals surface area (Å²) >= 11 is 0. The van der Waals surface area contributed by atoms with E-state index in [0.717, 1.165) is 43.4 Å². The van der Waals surface area contributed by atoms with Crippen LogP contribution in [0.4, 0.5) is 0 Å². The van der Waals surface area contributed by atoms with Gasteiger partial charge in [-0.25, -0.2) is 4.99 Å². The minimum Gasteiger partial charge on any atom is -0.493 e. The predicted molar refractivity (Wildman–Crippen MR) is 86.9 cm³/mol. The average molecular weight is 293 g/mol. The molecule has 0 aliphatic carbocycles. The van der Waals surface area contributed by atoms with Crippen LogP contribution in [0.15, 0.2) is 29.3 Å². The summed E-state index contributed by atoms with van der Waals surface area (Å²) in [6.07, 6.45) is 0.893. The number of hydrogen-bond acceptors (Lipinski definition) is 3. The fraction of sp³-hybridized carbons (Fsp3) is 0.562. The molecule has 0 unspecified atom stereocenters. The third kappa shape index (κ3) is 7.56. The average Bonchev–Trinajstić information content (AvgIpc) is 2.50. The molecule has 1 aromatic carbocycles. The van der Waals surface area contributed by atoms with Crippen molar-refractivity contribution < 1.29 is 9.47 Å². The highest BCUT2D eigenvalue weighted by atomic mass is 16.5. The number of nitrogens with one attached hydrogen (secondary N) is 2. The summed E-state index contributed by atoms with van der Waals surface area (Å²) in [5.74, 6) is 1.72. The van der Waals surface area contributed by atoms with E-state index >= 15 is 0 Å². The lowest BCUT2D eigenvalue weighted by Crippen LogP contribution is -2.36. The molecule has 118 valence electrons. The van der Waals surface area contributed by atoms with Crippen molar-refractivity contribution in [3.05, 3.63) is 29.8 Å². The molecule has 0 spiro atoms. The minimum absolute atomic E-state index is 0.630. The zero-order valence-electron chi connectivity index (χ0n) is 13.3. The molecule has 5 nitrogen and oxygen atoms in total. The Labute approximate surface area is 127 Å². The molecule has 0 aliphatic heterocycles. The molecule has 2 N–H and O–H groups in total. The molecule has 0 amide bonds. The van der Waals surface area contributed by atoms with Crippen LogP contribution >= 0.6 is 0 Å². The van der Waals surface area contributed by atoms with Gasteiger partial charge in [0.25, 0.3) is 0 Å². The fourth-order valence-corrected chi connectivity index (χ4v) is 1.81. The van der Waals surface area contributed by atoms with Crippen molar-refractivity contribution in [2.24, 2.45) is 4.99 Å². The molecule has 0 saturated carbocycles. The van der Waals surface area contributed by atoms with Crippen LogP contribution in [0.25, 0.3) is 0 Å². The van der Waals surface area contributed by atoms with E-state index in [9.17, 15) is 0 Å². The quantitative estimate of drug-likeness (QED) is 0.416. The lowest BCUT2D eigenvalue weighted by Gasteiger charge is -2.10. The maximum atomic E-state index is 5.69. The molecule has 1 aromatic rings. The standard InChI is InChI=1S/C16H27N3O2/c1-4-17-16(18-5-2)19-13-14-8-6-9-15(12-14)21-11-7-10-20-3/h6,8-9,12H,4-5,7,10-11,13H2,1-3H3,(H2,17,18,19). The van der Waals surface area contributed by atoms with Gasteiger partial charge in [-0.05, 0) is 31.5 Å². The van der Waals surface area contributed by atoms with Gasteiger partial charge in [-0.3, -0.25) is 0 Å². The largest absolute Gasteiger partial charge is 0.493 e. The van der Waals surface area contributed by atoms with E-state index in [2.05, 4.69) is 35.5 Å². The zero-order valence-corrected chi connectivity index (χ0v) is 13.3. The Kier molecular flexibility index (Phi) is 9.04. The van der Waals surface area contributed by atoms with Gasteiger partial charge in [0.05, 0.1) is 13.2 Å². The number of hydrogen-bond donors (Lipinski definition) is 2. The molecule has 0 fully saturated rings. The van der Waals surface area contributed by atoms with E-state index < -0.39 is 0 Å². The van der Waals surface area contributed by atoms with Crippen molar-refractivity contribution in [3.63, 3.8) is 0 Å². The highest BCUT2D eigenvalue weighted by molar-refractivity contribution is 5.79. The maximum absolute atomic E-state index is 5.69. The van der Waals surface area contributed by atoms with E-state index in [4.69, 9.17) is 9.47 Å². The van der Waals surface area contributed by atoms with E-state index in [0.29, 0.717) is 13.2 Å². The van der Waals surface area contributed by atoms with Gasteiger partial charge in [-0.2, -0.15) is 0 Å². The Morgan fingerprint density at radius 1 is 1.14 bits per heavy atom. The first-order valence-corrected chi connectivity index (χ1v) is 7.53. The minimum atomic E-state index is 0.630. The molecule has 0 aromatic heterocycles. The summed E-state index contributed by atoms with van der Waals surface area (Å²) in [5, 5.41) is 6.42. The van der Waals surface area contributed by atoms with Crippen LogP contribution < -0.4 is 15.4 Å². The normalized spacial score (nSPS) is 10.0. The second kappa shape index (κ2) is 11.0. The van der Waals surface area contributed by atoms with Crippen molar-refractivity contribution in [2.75, 3.05) is 33.4 Å². The van der Waals surface area contributed by atoms with Crippen molar-refractivity contribution in [1.29, 1.82) is 0 Å². The molecule has 0 aliphatic rings. The first-order valence-electron chi connectivity index (χ1n) is 7.53. The Balaban J connectivity index is 2.52. The van der Waals surface area contributed by atoms with E-state index in [-0.39, 0.29) is 0 Å². The fourth-order valence-electron chi connectivity index (χ4n) is 1.81. The smallest absolute Gasteiger partial charge is 0.191 e. The number of benzene rings is 1. The second-order valence-corrected chi connectivity index (χ2v) is 4.57. The molecule has 0 heterocycles. The van der Waals surface area contributed by atoms with Gasteiger partial charge < -0.3 is 20.1 Å².